The number of hydrogen-bond donors (Lipinski definition) is 2. The number of aliphatic carboxylic acids is 1. The van der Waals surface area contributed by atoms with Gasteiger partial charge in [0.1, 0.15) is 6.04 Å². The van der Waals surface area contributed by atoms with Crippen LogP contribution in [0.25, 0.3) is 0 Å². The van der Waals surface area contributed by atoms with Crippen molar-refractivity contribution in [3.63, 3.8) is 0 Å². The van der Waals surface area contributed by atoms with Crippen LogP contribution in [0.4, 0.5) is 0 Å². The van der Waals surface area contributed by atoms with Gasteiger partial charge in [0, 0.05) is 18.7 Å². The Morgan fingerprint density at radius 2 is 1.77 bits per heavy atom. The molecule has 4 atom stereocenters. The molecule has 0 aromatic carbocycles. The van der Waals surface area contributed by atoms with Crippen molar-refractivity contribution in [2.45, 2.75) is 98.3 Å². The Morgan fingerprint density at radius 1 is 1.16 bits per heavy atom. The molecule has 7 heteroatoms. The summed E-state index contributed by atoms with van der Waals surface area (Å²) in [4.78, 5) is 41.8. The molecule has 31 heavy (non-hydrogen) atoms. The summed E-state index contributed by atoms with van der Waals surface area (Å²) in [6.07, 6.45) is 5.28. The van der Waals surface area contributed by atoms with Crippen molar-refractivity contribution < 1.29 is 19.5 Å². The summed E-state index contributed by atoms with van der Waals surface area (Å²) in [6, 6.07) is -0.952. The van der Waals surface area contributed by atoms with E-state index in [-0.39, 0.29) is 47.3 Å². The molecule has 0 radical (unpaired) electrons. The Balaban J connectivity index is 3.11. The molecule has 0 aromatic heterocycles. The number of likely N-dealkylation sites (tertiary alicyclic amines) is 1. The van der Waals surface area contributed by atoms with Gasteiger partial charge in [0.2, 0.25) is 11.8 Å². The Bertz CT molecular complexity index is 659. The van der Waals surface area contributed by atoms with E-state index in [1.54, 1.807) is 18.0 Å². The fourth-order valence-electron chi connectivity index (χ4n) is 4.23. The molecule has 178 valence electrons. The smallest absolute Gasteiger partial charge is 0.331 e. The van der Waals surface area contributed by atoms with Crippen molar-refractivity contribution in [1.82, 2.24) is 15.1 Å². The van der Waals surface area contributed by atoms with E-state index < -0.39 is 12.0 Å². The molecule has 0 saturated carbocycles. The summed E-state index contributed by atoms with van der Waals surface area (Å²) in [5, 5.41) is 12.3. The van der Waals surface area contributed by atoms with Gasteiger partial charge in [-0.05, 0) is 52.0 Å². The number of piperidine rings is 1. The standard InChI is InChI=1S/C24H43N3O4/c1-9-17(6)21(25-22(28)19-12-10-11-13-27(19)16(4)5)23(29)26(8)20(15(2)3)14-18(7)24(30)31/h14-17,19-21H,9-13H2,1-8H3,(H,25,28)(H,30,31)/b18-14+/t17-,19?,20-,21-/m1/s1. The molecular weight excluding hydrogens is 394 g/mol. The first-order valence-corrected chi connectivity index (χ1v) is 11.7. The van der Waals surface area contributed by atoms with E-state index in [1.807, 2.05) is 27.7 Å². The van der Waals surface area contributed by atoms with Crippen LogP contribution in [0.15, 0.2) is 11.6 Å². The quantitative estimate of drug-likeness (QED) is 0.512. The second kappa shape index (κ2) is 12.2. The van der Waals surface area contributed by atoms with Crippen LogP contribution in [0.1, 0.15) is 74.1 Å². The summed E-state index contributed by atoms with van der Waals surface area (Å²) in [5.74, 6) is -1.26. The molecule has 1 fully saturated rings. The van der Waals surface area contributed by atoms with Gasteiger partial charge in [0.05, 0.1) is 12.1 Å². The molecule has 1 heterocycles. The van der Waals surface area contributed by atoms with Crippen LogP contribution in [0, 0.1) is 11.8 Å². The van der Waals surface area contributed by atoms with Gasteiger partial charge >= 0.3 is 5.97 Å². The van der Waals surface area contributed by atoms with Crippen molar-refractivity contribution >= 4 is 17.8 Å². The van der Waals surface area contributed by atoms with Gasteiger partial charge in [-0.1, -0.05) is 46.6 Å². The number of hydrogen-bond acceptors (Lipinski definition) is 4. The van der Waals surface area contributed by atoms with E-state index in [4.69, 9.17) is 0 Å². The van der Waals surface area contributed by atoms with E-state index in [0.29, 0.717) is 0 Å². The van der Waals surface area contributed by atoms with Gasteiger partial charge in [-0.3, -0.25) is 14.5 Å². The number of likely N-dealkylation sites (N-methyl/N-ethyl adjacent to an activating group) is 1. The number of carboxylic acid groups (broad SMARTS) is 1. The third kappa shape index (κ3) is 7.34. The first kappa shape index (κ1) is 27.1. The topological polar surface area (TPSA) is 90.0 Å². The van der Waals surface area contributed by atoms with Gasteiger partial charge in [-0.25, -0.2) is 4.79 Å². The van der Waals surface area contributed by atoms with Crippen molar-refractivity contribution in [2.75, 3.05) is 13.6 Å². The molecule has 1 unspecified atom stereocenters. The number of nitrogens with one attached hydrogen (secondary N) is 1. The molecule has 2 N–H and O–H groups in total. The molecule has 0 spiro atoms. The second-order valence-electron chi connectivity index (χ2n) is 9.55. The lowest BCUT2D eigenvalue weighted by molar-refractivity contribution is -0.140. The molecular formula is C24H43N3O4. The predicted molar refractivity (Wildman–Crippen MR) is 124 cm³/mol. The van der Waals surface area contributed by atoms with E-state index in [2.05, 4.69) is 24.1 Å². The first-order chi connectivity index (χ1) is 14.4. The second-order valence-corrected chi connectivity index (χ2v) is 9.55. The van der Waals surface area contributed by atoms with Crippen LogP contribution < -0.4 is 5.32 Å². The zero-order chi connectivity index (χ0) is 23.9. The molecule has 0 aromatic rings. The van der Waals surface area contributed by atoms with Crippen LogP contribution in [-0.4, -0.2) is 70.4 Å². The Labute approximate surface area is 188 Å². The zero-order valence-electron chi connectivity index (χ0n) is 20.6. The van der Waals surface area contributed by atoms with Gasteiger partial charge < -0.3 is 15.3 Å². The molecule has 1 saturated heterocycles. The fraction of sp³-hybridized carbons (Fsp3) is 0.792. The molecule has 7 nitrogen and oxygen atoms in total. The molecule has 1 aliphatic rings. The highest BCUT2D eigenvalue weighted by atomic mass is 16.4. The van der Waals surface area contributed by atoms with Crippen LogP contribution in [0.3, 0.4) is 0 Å². The maximum atomic E-state index is 13.5. The highest BCUT2D eigenvalue weighted by molar-refractivity contribution is 5.90. The summed E-state index contributed by atoms with van der Waals surface area (Å²) in [5.41, 5.74) is 0.206. The van der Waals surface area contributed by atoms with Gasteiger partial charge in [-0.15, -0.1) is 0 Å². The van der Waals surface area contributed by atoms with E-state index in [1.165, 1.54) is 6.92 Å². The number of carbonyl (C=O) groups excluding carboxylic acids is 2. The SMILES string of the molecule is CC[C@@H](C)[C@@H](NC(=O)C1CCCCN1C(C)C)C(=O)N(C)[C@H](/C=C(\C)C(=O)O)C(C)C. The monoisotopic (exact) mass is 437 g/mol. The van der Waals surface area contributed by atoms with Crippen molar-refractivity contribution in [1.29, 1.82) is 0 Å². The predicted octanol–water partition coefficient (Wildman–Crippen LogP) is 3.29. The first-order valence-electron chi connectivity index (χ1n) is 11.7. The minimum atomic E-state index is -0.996. The van der Waals surface area contributed by atoms with Gasteiger partial charge in [0.15, 0.2) is 0 Å². The van der Waals surface area contributed by atoms with Crippen molar-refractivity contribution in [2.24, 2.45) is 11.8 Å². The molecule has 1 rings (SSSR count). The highest BCUT2D eigenvalue weighted by Gasteiger charge is 2.36. The maximum Gasteiger partial charge on any atom is 0.331 e. The normalized spacial score (nSPS) is 21.0. The Hall–Kier alpha value is -1.89. The van der Waals surface area contributed by atoms with Crippen molar-refractivity contribution in [3.8, 4) is 0 Å². The molecule has 0 bridgehead atoms. The van der Waals surface area contributed by atoms with Crippen LogP contribution in [-0.2, 0) is 14.4 Å². The average molecular weight is 438 g/mol. The summed E-state index contributed by atoms with van der Waals surface area (Å²) in [6.45, 7) is 14.5. The van der Waals surface area contributed by atoms with Crippen LogP contribution >= 0.6 is 0 Å². The number of rotatable bonds is 10. The van der Waals surface area contributed by atoms with Crippen LogP contribution in [0.2, 0.25) is 0 Å². The summed E-state index contributed by atoms with van der Waals surface area (Å²) in [7, 11) is 1.70. The Morgan fingerprint density at radius 3 is 2.26 bits per heavy atom. The summed E-state index contributed by atoms with van der Waals surface area (Å²) >= 11 is 0. The average Bonchev–Trinajstić information content (AvgIpc) is 2.73. The van der Waals surface area contributed by atoms with E-state index in [9.17, 15) is 19.5 Å². The lowest BCUT2D eigenvalue weighted by atomic mass is 9.93. The third-order valence-corrected chi connectivity index (χ3v) is 6.52. The molecule has 0 aliphatic carbocycles. The largest absolute Gasteiger partial charge is 0.478 e. The fourth-order valence-corrected chi connectivity index (χ4v) is 4.23. The van der Waals surface area contributed by atoms with E-state index >= 15 is 0 Å². The molecule has 2 amide bonds. The van der Waals surface area contributed by atoms with Gasteiger partial charge in [0.25, 0.3) is 0 Å². The minimum absolute atomic E-state index is 0.0336. The van der Waals surface area contributed by atoms with E-state index in [0.717, 1.165) is 32.2 Å². The Kier molecular flexibility index (Phi) is 10.7. The van der Waals surface area contributed by atoms with Crippen LogP contribution in [0.5, 0.6) is 0 Å². The minimum Gasteiger partial charge on any atom is -0.478 e. The number of amides is 2. The highest BCUT2D eigenvalue weighted by Crippen LogP contribution is 2.22. The lowest BCUT2D eigenvalue weighted by Gasteiger charge is -2.39. The van der Waals surface area contributed by atoms with Crippen molar-refractivity contribution in [3.05, 3.63) is 11.6 Å². The maximum absolute atomic E-state index is 13.5. The lowest BCUT2D eigenvalue weighted by Crippen LogP contribution is -2.59. The number of carbonyl (C=O) groups is 3. The summed E-state index contributed by atoms with van der Waals surface area (Å²) < 4.78 is 0. The number of carboxylic acids is 1. The third-order valence-electron chi connectivity index (χ3n) is 6.52. The zero-order valence-corrected chi connectivity index (χ0v) is 20.6. The molecule has 1 aliphatic heterocycles. The van der Waals surface area contributed by atoms with Gasteiger partial charge in [-0.2, -0.15) is 0 Å². The number of nitrogens with zero attached hydrogens (tertiary/aromatic N) is 2.